The zero-order valence-corrected chi connectivity index (χ0v) is 9.39. The summed E-state index contributed by atoms with van der Waals surface area (Å²) >= 11 is 7.25. The van der Waals surface area contributed by atoms with E-state index in [2.05, 4.69) is 13.6 Å². The molecule has 3 nitrogen and oxygen atoms in total. The van der Waals surface area contributed by atoms with Crippen LogP contribution in [0.2, 0.25) is 5.15 Å². The SMILES string of the molecule is Clc1nsnc1C1CCC2CCN1C2. The molecule has 3 unspecified atom stereocenters. The highest BCUT2D eigenvalue weighted by Gasteiger charge is 2.36. The molecule has 0 N–H and O–H groups in total. The summed E-state index contributed by atoms with van der Waals surface area (Å²) in [5, 5.41) is 0.616. The first-order valence-corrected chi connectivity index (χ1v) is 6.17. The zero-order valence-electron chi connectivity index (χ0n) is 7.82. The van der Waals surface area contributed by atoms with Gasteiger partial charge in [0, 0.05) is 6.54 Å². The molecule has 1 aromatic rings. The molecule has 5 heteroatoms. The van der Waals surface area contributed by atoms with Gasteiger partial charge in [0.15, 0.2) is 5.15 Å². The van der Waals surface area contributed by atoms with Gasteiger partial charge in [0.2, 0.25) is 0 Å². The summed E-state index contributed by atoms with van der Waals surface area (Å²) in [6.07, 6.45) is 3.89. The van der Waals surface area contributed by atoms with Gasteiger partial charge in [0.25, 0.3) is 0 Å². The molecule has 2 saturated heterocycles. The maximum atomic E-state index is 6.02. The van der Waals surface area contributed by atoms with Gasteiger partial charge in [-0.05, 0) is 31.7 Å². The quantitative estimate of drug-likeness (QED) is 0.740. The van der Waals surface area contributed by atoms with Gasteiger partial charge in [-0.2, -0.15) is 8.75 Å². The minimum Gasteiger partial charge on any atom is -0.294 e. The van der Waals surface area contributed by atoms with Crippen LogP contribution in [0.1, 0.15) is 31.0 Å². The number of piperidine rings is 1. The van der Waals surface area contributed by atoms with Crippen molar-refractivity contribution >= 4 is 23.3 Å². The molecule has 14 heavy (non-hydrogen) atoms. The Morgan fingerprint density at radius 2 is 2.21 bits per heavy atom. The van der Waals surface area contributed by atoms with Crippen LogP contribution in [0.15, 0.2) is 0 Å². The van der Waals surface area contributed by atoms with Gasteiger partial charge in [-0.3, -0.25) is 4.90 Å². The van der Waals surface area contributed by atoms with Crippen LogP contribution < -0.4 is 0 Å². The van der Waals surface area contributed by atoms with Gasteiger partial charge in [0.1, 0.15) is 5.69 Å². The van der Waals surface area contributed by atoms with Crippen molar-refractivity contribution in [3.8, 4) is 0 Å². The number of rotatable bonds is 1. The van der Waals surface area contributed by atoms with Crippen molar-refractivity contribution in [3.63, 3.8) is 0 Å². The molecule has 0 aromatic carbocycles. The number of hydrogen-bond donors (Lipinski definition) is 0. The molecule has 2 aliphatic rings. The van der Waals surface area contributed by atoms with Crippen molar-refractivity contribution in [1.29, 1.82) is 0 Å². The maximum absolute atomic E-state index is 6.02. The molecule has 2 fully saturated rings. The fourth-order valence-corrected chi connectivity index (χ4v) is 3.46. The average Bonchev–Trinajstić information content (AvgIpc) is 2.76. The predicted octanol–water partition coefficient (Wildman–Crippen LogP) is 2.35. The smallest absolute Gasteiger partial charge is 0.167 e. The Bertz CT molecular complexity index is 341. The molecule has 3 heterocycles. The van der Waals surface area contributed by atoms with E-state index in [4.69, 9.17) is 11.6 Å². The molecule has 2 bridgehead atoms. The van der Waals surface area contributed by atoms with Crippen molar-refractivity contribution in [2.45, 2.75) is 25.3 Å². The van der Waals surface area contributed by atoms with Crippen molar-refractivity contribution < 1.29 is 0 Å². The van der Waals surface area contributed by atoms with Crippen LogP contribution in [0, 0.1) is 5.92 Å². The Labute approximate surface area is 92.4 Å². The highest BCUT2D eigenvalue weighted by molar-refractivity contribution is 6.99. The summed E-state index contributed by atoms with van der Waals surface area (Å²) in [5.74, 6) is 0.927. The van der Waals surface area contributed by atoms with Gasteiger partial charge in [-0.25, -0.2) is 0 Å². The monoisotopic (exact) mass is 229 g/mol. The molecule has 0 saturated carbocycles. The molecular weight excluding hydrogens is 218 g/mol. The summed E-state index contributed by atoms with van der Waals surface area (Å²) in [6, 6.07) is 0.444. The lowest BCUT2D eigenvalue weighted by Gasteiger charge is -2.30. The Morgan fingerprint density at radius 1 is 1.29 bits per heavy atom. The Morgan fingerprint density at radius 3 is 3.00 bits per heavy atom. The summed E-state index contributed by atoms with van der Waals surface area (Å²) in [7, 11) is 0. The maximum Gasteiger partial charge on any atom is 0.167 e. The van der Waals surface area contributed by atoms with E-state index in [1.165, 1.54) is 44.1 Å². The second-order valence-electron chi connectivity index (χ2n) is 4.18. The van der Waals surface area contributed by atoms with Crippen LogP contribution in [-0.4, -0.2) is 26.7 Å². The van der Waals surface area contributed by atoms with Crippen LogP contribution >= 0.6 is 23.3 Å². The summed E-state index contributed by atoms with van der Waals surface area (Å²) in [4.78, 5) is 2.51. The molecule has 0 spiro atoms. The predicted molar refractivity (Wildman–Crippen MR) is 56.6 cm³/mol. The molecule has 0 aliphatic carbocycles. The van der Waals surface area contributed by atoms with Crippen LogP contribution in [-0.2, 0) is 0 Å². The van der Waals surface area contributed by atoms with E-state index in [0.29, 0.717) is 11.2 Å². The minimum absolute atomic E-state index is 0.444. The molecule has 76 valence electrons. The Balaban J connectivity index is 1.88. The summed E-state index contributed by atoms with van der Waals surface area (Å²) in [5.41, 5.74) is 1.01. The molecular formula is C9H12ClN3S. The highest BCUT2D eigenvalue weighted by atomic mass is 35.5. The third-order valence-electron chi connectivity index (χ3n) is 3.39. The molecule has 2 aliphatic heterocycles. The lowest BCUT2D eigenvalue weighted by atomic mass is 9.95. The van der Waals surface area contributed by atoms with Crippen LogP contribution in [0.3, 0.4) is 0 Å². The van der Waals surface area contributed by atoms with Crippen LogP contribution in [0.25, 0.3) is 0 Å². The van der Waals surface area contributed by atoms with Crippen molar-refractivity contribution in [1.82, 2.24) is 13.6 Å². The first kappa shape index (κ1) is 9.07. The number of halogens is 1. The van der Waals surface area contributed by atoms with Crippen LogP contribution in [0.4, 0.5) is 0 Å². The van der Waals surface area contributed by atoms with Gasteiger partial charge < -0.3 is 0 Å². The minimum atomic E-state index is 0.444. The van der Waals surface area contributed by atoms with E-state index in [1.54, 1.807) is 0 Å². The molecule has 3 rings (SSSR count). The third kappa shape index (κ3) is 1.36. The highest BCUT2D eigenvalue weighted by Crippen LogP contribution is 2.40. The number of fused-ring (bicyclic) bond motifs is 2. The van der Waals surface area contributed by atoms with E-state index in [1.807, 2.05) is 0 Å². The molecule has 0 radical (unpaired) electrons. The van der Waals surface area contributed by atoms with Crippen molar-refractivity contribution in [3.05, 3.63) is 10.8 Å². The molecule has 1 aromatic heterocycles. The van der Waals surface area contributed by atoms with E-state index in [9.17, 15) is 0 Å². The molecule has 0 amide bonds. The fourth-order valence-electron chi connectivity index (χ4n) is 2.65. The normalized spacial score (nSPS) is 36.2. The van der Waals surface area contributed by atoms with Gasteiger partial charge in [-0.15, -0.1) is 0 Å². The zero-order chi connectivity index (χ0) is 9.54. The number of hydrogen-bond acceptors (Lipinski definition) is 4. The average molecular weight is 230 g/mol. The van der Waals surface area contributed by atoms with Gasteiger partial charge >= 0.3 is 0 Å². The van der Waals surface area contributed by atoms with E-state index < -0.39 is 0 Å². The van der Waals surface area contributed by atoms with E-state index in [-0.39, 0.29) is 0 Å². The molecule has 3 atom stereocenters. The fraction of sp³-hybridized carbons (Fsp3) is 0.778. The van der Waals surface area contributed by atoms with Crippen molar-refractivity contribution in [2.24, 2.45) is 5.92 Å². The topological polar surface area (TPSA) is 29.0 Å². The first-order valence-electron chi connectivity index (χ1n) is 5.06. The lowest BCUT2D eigenvalue weighted by molar-refractivity contribution is 0.180. The van der Waals surface area contributed by atoms with Gasteiger partial charge in [0.05, 0.1) is 17.8 Å². The van der Waals surface area contributed by atoms with E-state index in [0.717, 1.165) is 11.6 Å². The van der Waals surface area contributed by atoms with E-state index >= 15 is 0 Å². The number of aromatic nitrogens is 2. The standard InChI is InChI=1S/C9H12ClN3S/c10-9-8(11-14-12-9)7-2-1-6-3-4-13(7)5-6/h6-7H,1-5H2. The Hall–Kier alpha value is -0.190. The van der Waals surface area contributed by atoms with Crippen LogP contribution in [0.5, 0.6) is 0 Å². The lowest BCUT2D eigenvalue weighted by Crippen LogP contribution is -2.30. The largest absolute Gasteiger partial charge is 0.294 e. The summed E-state index contributed by atoms with van der Waals surface area (Å²) in [6.45, 7) is 2.45. The second kappa shape index (κ2) is 3.43. The number of nitrogens with zero attached hydrogens (tertiary/aromatic N) is 3. The second-order valence-corrected chi connectivity index (χ2v) is 5.07. The first-order chi connectivity index (χ1) is 6.84. The van der Waals surface area contributed by atoms with Gasteiger partial charge in [-0.1, -0.05) is 11.6 Å². The summed E-state index contributed by atoms with van der Waals surface area (Å²) < 4.78 is 8.36. The van der Waals surface area contributed by atoms with Crippen molar-refractivity contribution in [2.75, 3.05) is 13.1 Å². The Kier molecular flexibility index (Phi) is 2.22. The third-order valence-corrected chi connectivity index (χ3v) is 4.31.